The fourth-order valence-corrected chi connectivity index (χ4v) is 4.74. The highest BCUT2D eigenvalue weighted by Gasteiger charge is 2.16. The summed E-state index contributed by atoms with van der Waals surface area (Å²) in [6, 6.07) is 13.8. The van der Waals surface area contributed by atoms with E-state index in [1.165, 1.54) is 12.6 Å². The Bertz CT molecular complexity index is 1230. The minimum absolute atomic E-state index is 0.100. The molecule has 7 N–H and O–H groups in total. The summed E-state index contributed by atoms with van der Waals surface area (Å²) < 4.78 is 6.25. The number of carbonyl (C=O) groups excluding carboxylic acids is 2. The third-order valence-corrected chi connectivity index (χ3v) is 7.13. The molecule has 0 aliphatic carbocycles. The molecule has 2 aromatic rings. The number of amides is 4. The van der Waals surface area contributed by atoms with Crippen molar-refractivity contribution in [3.8, 4) is 5.75 Å². The first-order valence-corrected chi connectivity index (χ1v) is 14.8. The highest BCUT2D eigenvalue weighted by atomic mass is 16.5. The van der Waals surface area contributed by atoms with Gasteiger partial charge in [-0.3, -0.25) is 15.6 Å². The third kappa shape index (κ3) is 11.3. The fraction of sp³-hybridized carbons (Fsp3) is 0.484. The van der Waals surface area contributed by atoms with E-state index in [0.717, 1.165) is 73.8 Å². The summed E-state index contributed by atoms with van der Waals surface area (Å²) in [4.78, 5) is 34.8. The van der Waals surface area contributed by atoms with Crippen LogP contribution >= 0.6 is 0 Å². The van der Waals surface area contributed by atoms with Crippen LogP contribution in [0.25, 0.3) is 0 Å². The van der Waals surface area contributed by atoms with Gasteiger partial charge in [-0.1, -0.05) is 62.1 Å². The third-order valence-electron chi connectivity index (χ3n) is 7.13. The second-order valence-corrected chi connectivity index (χ2v) is 10.5. The molecule has 42 heavy (non-hydrogen) atoms. The van der Waals surface area contributed by atoms with E-state index in [-0.39, 0.29) is 24.0 Å². The van der Waals surface area contributed by atoms with Gasteiger partial charge in [0.2, 0.25) is 0 Å². The van der Waals surface area contributed by atoms with Crippen molar-refractivity contribution < 1.29 is 14.3 Å². The van der Waals surface area contributed by atoms with Crippen LogP contribution in [0.3, 0.4) is 0 Å². The molecular weight excluding hydrogens is 532 g/mol. The van der Waals surface area contributed by atoms with Gasteiger partial charge < -0.3 is 26.4 Å². The topological polar surface area (TPSA) is 159 Å². The molecule has 0 saturated heterocycles. The lowest BCUT2D eigenvalue weighted by atomic mass is 10.0. The lowest BCUT2D eigenvalue weighted by molar-refractivity contribution is 0.200. The van der Waals surface area contributed by atoms with Gasteiger partial charge in [0, 0.05) is 32.2 Å². The van der Waals surface area contributed by atoms with Gasteiger partial charge in [0.15, 0.2) is 11.9 Å². The molecule has 228 valence electrons. The molecule has 0 fully saturated rings. The molecule has 1 heterocycles. The number of unbranched alkanes of at least 4 members (excludes halogenated alkanes) is 5. The number of ether oxygens (including phenoxy) is 1. The first-order valence-electron chi connectivity index (χ1n) is 14.8. The molecule has 3 rings (SSSR count). The van der Waals surface area contributed by atoms with E-state index in [0.29, 0.717) is 32.8 Å². The smallest absolute Gasteiger partial charge is 0.324 e. The molecule has 11 heteroatoms. The fourth-order valence-electron chi connectivity index (χ4n) is 4.74. The Balaban J connectivity index is 1.53. The number of nitrogens with two attached hydrogens (primary N) is 2. The minimum Gasteiger partial charge on any atom is -0.489 e. The van der Waals surface area contributed by atoms with Gasteiger partial charge in [0.25, 0.3) is 0 Å². The number of fused-ring (bicyclic) bond motifs is 2. The lowest BCUT2D eigenvalue weighted by Crippen LogP contribution is -2.46. The van der Waals surface area contributed by atoms with Crippen molar-refractivity contribution in [3.05, 3.63) is 64.7 Å². The Morgan fingerprint density at radius 2 is 1.81 bits per heavy atom. The largest absolute Gasteiger partial charge is 0.489 e. The summed E-state index contributed by atoms with van der Waals surface area (Å²) in [5.74, 6) is 1.01. The van der Waals surface area contributed by atoms with E-state index in [2.05, 4.69) is 38.1 Å². The number of hydrogen-bond donors (Lipinski definition) is 5. The van der Waals surface area contributed by atoms with Crippen molar-refractivity contribution in [2.45, 2.75) is 71.4 Å². The monoisotopic (exact) mass is 578 g/mol. The number of nitrogens with one attached hydrogen (secondary N) is 3. The zero-order chi connectivity index (χ0) is 30.2. The quantitative estimate of drug-likeness (QED) is 0.173. The van der Waals surface area contributed by atoms with Crippen LogP contribution < -0.4 is 32.2 Å². The van der Waals surface area contributed by atoms with Gasteiger partial charge in [-0.25, -0.2) is 14.6 Å². The number of aryl methyl sites for hydroxylation is 2. The Morgan fingerprint density at radius 3 is 2.60 bits per heavy atom. The first-order chi connectivity index (χ1) is 20.4. The van der Waals surface area contributed by atoms with E-state index in [1.54, 1.807) is 0 Å². The second kappa shape index (κ2) is 17.5. The Labute approximate surface area is 249 Å². The van der Waals surface area contributed by atoms with Crippen LogP contribution in [0.1, 0.15) is 67.2 Å². The Morgan fingerprint density at radius 1 is 1.07 bits per heavy atom. The van der Waals surface area contributed by atoms with Gasteiger partial charge in [0.1, 0.15) is 12.4 Å². The van der Waals surface area contributed by atoms with Gasteiger partial charge in [0.05, 0.1) is 6.54 Å². The molecule has 0 unspecified atom stereocenters. The number of rotatable bonds is 9. The normalized spacial score (nSPS) is 14.7. The van der Waals surface area contributed by atoms with E-state index < -0.39 is 0 Å². The van der Waals surface area contributed by atoms with E-state index in [4.69, 9.17) is 16.2 Å². The Kier molecular flexibility index (Phi) is 13.4. The van der Waals surface area contributed by atoms with Gasteiger partial charge in [-0.2, -0.15) is 0 Å². The van der Waals surface area contributed by atoms with Crippen molar-refractivity contribution in [1.82, 2.24) is 20.9 Å². The number of nitrogens with zero attached hydrogens (tertiary/aromatic N) is 3. The summed E-state index contributed by atoms with van der Waals surface area (Å²) >= 11 is 0. The number of urea groups is 2. The zero-order valence-corrected chi connectivity index (χ0v) is 25.0. The molecule has 11 nitrogen and oxygen atoms in total. The van der Waals surface area contributed by atoms with Crippen LogP contribution in [0.2, 0.25) is 0 Å². The lowest BCUT2D eigenvalue weighted by Gasteiger charge is -2.23. The second-order valence-electron chi connectivity index (χ2n) is 10.5. The van der Waals surface area contributed by atoms with Crippen molar-refractivity contribution in [3.63, 3.8) is 0 Å². The van der Waals surface area contributed by atoms with Crippen LogP contribution in [0, 0.1) is 6.92 Å². The van der Waals surface area contributed by atoms with E-state index in [1.807, 2.05) is 42.2 Å². The molecule has 1 aliphatic heterocycles. The molecule has 4 amide bonds. The van der Waals surface area contributed by atoms with Crippen LogP contribution in [0.4, 0.5) is 9.59 Å². The predicted octanol–water partition coefficient (Wildman–Crippen LogP) is 3.93. The maximum atomic E-state index is 13.2. The summed E-state index contributed by atoms with van der Waals surface area (Å²) in [6.07, 6.45) is 7.68. The van der Waals surface area contributed by atoms with E-state index in [9.17, 15) is 9.59 Å². The molecule has 0 spiro atoms. The van der Waals surface area contributed by atoms with Crippen molar-refractivity contribution in [2.24, 2.45) is 21.5 Å². The van der Waals surface area contributed by atoms with Gasteiger partial charge in [-0.05, 0) is 55.4 Å². The molecule has 0 saturated carbocycles. The van der Waals surface area contributed by atoms with Crippen LogP contribution in [-0.2, 0) is 19.6 Å². The molecular formula is C31H46N8O3. The average Bonchev–Trinajstić information content (AvgIpc) is 2.97. The molecule has 0 bridgehead atoms. The van der Waals surface area contributed by atoms with Gasteiger partial charge >= 0.3 is 12.1 Å². The van der Waals surface area contributed by atoms with Crippen LogP contribution in [0.5, 0.6) is 5.75 Å². The predicted molar refractivity (Wildman–Crippen MR) is 167 cm³/mol. The minimum atomic E-state index is -0.376. The van der Waals surface area contributed by atoms with Crippen LogP contribution in [-0.4, -0.2) is 55.6 Å². The number of benzene rings is 2. The Hall–Kier alpha value is -4.28. The maximum absolute atomic E-state index is 13.2. The summed E-state index contributed by atoms with van der Waals surface area (Å²) in [6.45, 7) is 4.66. The highest BCUT2D eigenvalue weighted by molar-refractivity contribution is 5.95. The first kappa shape index (κ1) is 32.2. The highest BCUT2D eigenvalue weighted by Crippen LogP contribution is 2.24. The number of aliphatic imine (C=N–C) groups is 2. The van der Waals surface area contributed by atoms with Crippen molar-refractivity contribution in [1.29, 1.82) is 0 Å². The molecule has 2 aromatic carbocycles. The molecule has 0 aromatic heterocycles. The number of hydrogen-bond acceptors (Lipinski definition) is 6. The molecule has 0 radical (unpaired) electrons. The summed E-state index contributed by atoms with van der Waals surface area (Å²) in [5, 5.41) is 7.66. The summed E-state index contributed by atoms with van der Waals surface area (Å²) in [5.41, 5.74) is 16.2. The van der Waals surface area contributed by atoms with E-state index >= 15 is 0 Å². The molecule has 0 atom stereocenters. The van der Waals surface area contributed by atoms with Gasteiger partial charge in [-0.15, -0.1) is 0 Å². The van der Waals surface area contributed by atoms with Crippen LogP contribution in [0.15, 0.2) is 52.4 Å². The average molecular weight is 579 g/mol. The van der Waals surface area contributed by atoms with Crippen molar-refractivity contribution in [2.75, 3.05) is 26.7 Å². The molecule has 1 aliphatic rings. The summed E-state index contributed by atoms with van der Waals surface area (Å²) in [7, 11) is 1.52. The standard InChI is InChI=1S/C31H46N8O3/c1-23-15-16-25-21-36-29(33)38-31(41)39(18-10-6-4-3-5-9-17-35-28(32)37-30(40)34-2)19-11-14-24-12-7-8-13-26(24)22-42-27(25)20-23/h7-8,12-13,15-16,20H,3-6,9-11,14,17-19,21-22H2,1-2H3,(H3,33,36,38,41)(H4,32,34,35,37,40). The maximum Gasteiger partial charge on any atom is 0.324 e. The SMILES string of the molecule is CNC(=O)NC(N)=NCCCCCCCCN1CCCc2ccccc2COc2cc(C)ccc2CN=C(N)NC1=O. The number of carbonyl (C=O) groups is 2. The van der Waals surface area contributed by atoms with Crippen molar-refractivity contribution >= 4 is 24.0 Å². The zero-order valence-electron chi connectivity index (χ0n) is 25.0. The number of guanidine groups is 2.